The summed E-state index contributed by atoms with van der Waals surface area (Å²) in [6.45, 7) is 7.04. The molecule has 0 bridgehead atoms. The van der Waals surface area contributed by atoms with Gasteiger partial charge < -0.3 is 25.1 Å². The van der Waals surface area contributed by atoms with Crippen molar-refractivity contribution >= 4 is 41.3 Å². The van der Waals surface area contributed by atoms with Crippen molar-refractivity contribution in [2.24, 2.45) is 0 Å². The molecule has 9 nitrogen and oxygen atoms in total. The maximum Gasteiger partial charge on any atom is 0.417 e. The van der Waals surface area contributed by atoms with Crippen LogP contribution in [0, 0.1) is 0 Å². The summed E-state index contributed by atoms with van der Waals surface area (Å²) < 4.78 is 42.8. The molecule has 2 atom stereocenters. The maximum atomic E-state index is 14.3. The van der Waals surface area contributed by atoms with E-state index in [9.17, 15) is 37.5 Å². The van der Waals surface area contributed by atoms with E-state index in [-0.39, 0.29) is 48.5 Å². The molecule has 0 saturated carbocycles. The van der Waals surface area contributed by atoms with Crippen molar-refractivity contribution in [3.8, 4) is 0 Å². The first-order valence-electron chi connectivity index (χ1n) is 12.6. The van der Waals surface area contributed by atoms with Crippen molar-refractivity contribution in [3.05, 3.63) is 23.3 Å². The minimum Gasteiger partial charge on any atom is -0.465 e. The summed E-state index contributed by atoms with van der Waals surface area (Å²) in [6, 6.07) is 0.929. The monoisotopic (exact) mass is 558 g/mol. The molecule has 1 fully saturated rings. The quantitative estimate of drug-likeness (QED) is 0.523. The number of carbonyl (C=O) groups excluding carboxylic acids is 3. The standard InChI is InChI=1S/C25H33F3N4O5S/c1-5-21(33)29-8-10-31-19-11-17(18(25(26,27)28)12-20(19)38-15(4)22(31)34)23(35)32(14(2)3)16-7-6-9-30(13-16)24(36)37/h11-12,14-16H,5-10,13H2,1-4H3,(H,29,33)(H,36,37)/t15?,16-/m1/s1. The molecule has 210 valence electrons. The number of amides is 4. The summed E-state index contributed by atoms with van der Waals surface area (Å²) in [4.78, 5) is 54.0. The minimum atomic E-state index is -4.84. The normalized spacial score (nSPS) is 19.8. The SMILES string of the molecule is CCC(=O)NCCN1C(=O)C(C)Sc2cc(C(F)(F)F)c(C(=O)N(C(C)C)[C@@H]3CCCN(C(=O)O)C3)cc21. The van der Waals surface area contributed by atoms with E-state index in [1.165, 1.54) is 9.80 Å². The van der Waals surface area contributed by atoms with Gasteiger partial charge in [0.2, 0.25) is 11.8 Å². The van der Waals surface area contributed by atoms with E-state index in [0.29, 0.717) is 19.4 Å². The number of halogens is 3. The molecule has 0 aromatic heterocycles. The molecule has 2 aliphatic heterocycles. The van der Waals surface area contributed by atoms with Crippen LogP contribution in [-0.2, 0) is 15.8 Å². The summed E-state index contributed by atoms with van der Waals surface area (Å²) in [5.74, 6) is -1.44. The number of benzene rings is 1. The molecule has 0 radical (unpaired) electrons. The fraction of sp³-hybridized carbons (Fsp3) is 0.600. The molecule has 1 saturated heterocycles. The number of piperidine rings is 1. The highest BCUT2D eigenvalue weighted by Gasteiger charge is 2.42. The Morgan fingerprint density at radius 1 is 1.26 bits per heavy atom. The molecule has 0 aliphatic carbocycles. The van der Waals surface area contributed by atoms with E-state index in [2.05, 4.69) is 5.32 Å². The smallest absolute Gasteiger partial charge is 0.417 e. The zero-order valence-electron chi connectivity index (χ0n) is 21.8. The van der Waals surface area contributed by atoms with Crippen molar-refractivity contribution in [2.45, 2.75) is 75.4 Å². The highest BCUT2D eigenvalue weighted by atomic mass is 32.2. The van der Waals surface area contributed by atoms with E-state index in [4.69, 9.17) is 0 Å². The zero-order valence-corrected chi connectivity index (χ0v) is 22.6. The Balaban J connectivity index is 2.06. The van der Waals surface area contributed by atoms with E-state index < -0.39 is 46.6 Å². The molecule has 38 heavy (non-hydrogen) atoms. The number of thioether (sulfide) groups is 1. The molecule has 0 spiro atoms. The van der Waals surface area contributed by atoms with Gasteiger partial charge in [0.25, 0.3) is 5.91 Å². The van der Waals surface area contributed by atoms with Gasteiger partial charge in [-0.15, -0.1) is 11.8 Å². The number of likely N-dealkylation sites (tertiary alicyclic amines) is 1. The van der Waals surface area contributed by atoms with Gasteiger partial charge in [-0.1, -0.05) is 6.92 Å². The van der Waals surface area contributed by atoms with E-state index in [1.54, 1.807) is 27.7 Å². The number of nitrogens with one attached hydrogen (secondary N) is 1. The molecule has 13 heteroatoms. The molecular weight excluding hydrogens is 525 g/mol. The van der Waals surface area contributed by atoms with Crippen molar-refractivity contribution in [1.82, 2.24) is 15.1 Å². The zero-order chi connectivity index (χ0) is 28.4. The van der Waals surface area contributed by atoms with Crippen molar-refractivity contribution in [3.63, 3.8) is 0 Å². The van der Waals surface area contributed by atoms with E-state index in [1.807, 2.05) is 0 Å². The molecule has 3 rings (SSSR count). The van der Waals surface area contributed by atoms with Crippen LogP contribution in [0.4, 0.5) is 23.7 Å². The van der Waals surface area contributed by atoms with Crippen molar-refractivity contribution < 1.29 is 37.5 Å². The van der Waals surface area contributed by atoms with Crippen LogP contribution < -0.4 is 10.2 Å². The third-order valence-corrected chi connectivity index (χ3v) is 7.81. The van der Waals surface area contributed by atoms with Gasteiger partial charge in [-0.3, -0.25) is 14.4 Å². The third kappa shape index (κ3) is 6.36. The minimum absolute atomic E-state index is 0.000644. The van der Waals surface area contributed by atoms with Crippen LogP contribution in [0.15, 0.2) is 17.0 Å². The molecule has 4 amide bonds. The number of anilines is 1. The Morgan fingerprint density at radius 2 is 1.95 bits per heavy atom. The summed E-state index contributed by atoms with van der Waals surface area (Å²) in [5.41, 5.74) is -1.52. The number of alkyl halides is 3. The molecule has 2 N–H and O–H groups in total. The largest absolute Gasteiger partial charge is 0.465 e. The highest BCUT2D eigenvalue weighted by Crippen LogP contribution is 2.44. The second kappa shape index (κ2) is 11.8. The van der Waals surface area contributed by atoms with Gasteiger partial charge in [0.15, 0.2) is 0 Å². The lowest BCUT2D eigenvalue weighted by Gasteiger charge is -2.41. The van der Waals surface area contributed by atoms with Crippen molar-refractivity contribution in [2.75, 3.05) is 31.1 Å². The predicted octanol–water partition coefficient (Wildman–Crippen LogP) is 4.05. The second-order valence-corrected chi connectivity index (χ2v) is 11.0. The van der Waals surface area contributed by atoms with Gasteiger partial charge in [-0.2, -0.15) is 13.2 Å². The van der Waals surface area contributed by atoms with Gasteiger partial charge in [0.1, 0.15) is 0 Å². The Hall–Kier alpha value is -2.96. The number of nitrogens with zero attached hydrogens (tertiary/aromatic N) is 3. The second-order valence-electron chi connectivity index (χ2n) is 9.65. The van der Waals surface area contributed by atoms with Crippen LogP contribution in [-0.4, -0.2) is 82.2 Å². The Morgan fingerprint density at radius 3 is 2.53 bits per heavy atom. The van der Waals surface area contributed by atoms with Crippen molar-refractivity contribution in [1.29, 1.82) is 0 Å². The average molecular weight is 559 g/mol. The lowest BCUT2D eigenvalue weighted by Crippen LogP contribution is -2.54. The van der Waals surface area contributed by atoms with Gasteiger partial charge in [0, 0.05) is 43.5 Å². The highest BCUT2D eigenvalue weighted by molar-refractivity contribution is 8.01. The number of carbonyl (C=O) groups is 4. The van der Waals surface area contributed by atoms with Crippen LogP contribution in [0.3, 0.4) is 0 Å². The number of carboxylic acid groups (broad SMARTS) is 1. The molecule has 1 aromatic carbocycles. The third-order valence-electron chi connectivity index (χ3n) is 6.67. The fourth-order valence-corrected chi connectivity index (χ4v) is 5.93. The lowest BCUT2D eigenvalue weighted by atomic mass is 9.98. The van der Waals surface area contributed by atoms with Gasteiger partial charge in [0.05, 0.1) is 28.1 Å². The Bertz CT molecular complexity index is 1100. The molecular formula is C25H33F3N4O5S. The summed E-state index contributed by atoms with van der Waals surface area (Å²) in [5, 5.41) is 11.4. The van der Waals surface area contributed by atoms with Crippen LogP contribution >= 0.6 is 11.8 Å². The van der Waals surface area contributed by atoms with Crippen LogP contribution in [0.2, 0.25) is 0 Å². The van der Waals surface area contributed by atoms with Crippen LogP contribution in [0.25, 0.3) is 0 Å². The van der Waals surface area contributed by atoms with E-state index in [0.717, 1.165) is 28.8 Å². The number of hydrogen-bond acceptors (Lipinski definition) is 5. The maximum absolute atomic E-state index is 14.3. The first kappa shape index (κ1) is 29.6. The van der Waals surface area contributed by atoms with E-state index >= 15 is 0 Å². The molecule has 2 heterocycles. The molecule has 1 aromatic rings. The molecule has 1 unspecified atom stereocenters. The first-order valence-corrected chi connectivity index (χ1v) is 13.4. The van der Waals surface area contributed by atoms with Crippen LogP contribution in [0.1, 0.15) is 62.9 Å². The molecule has 2 aliphatic rings. The topological polar surface area (TPSA) is 110 Å². The summed E-state index contributed by atoms with van der Waals surface area (Å²) >= 11 is 0.990. The van der Waals surface area contributed by atoms with Gasteiger partial charge >= 0.3 is 12.3 Å². The Kier molecular flexibility index (Phi) is 9.21. The number of rotatable bonds is 7. The fourth-order valence-electron chi connectivity index (χ4n) is 4.84. The summed E-state index contributed by atoms with van der Waals surface area (Å²) in [7, 11) is 0. The number of fused-ring (bicyclic) bond motifs is 1. The van der Waals surface area contributed by atoms with Gasteiger partial charge in [-0.05, 0) is 45.7 Å². The summed E-state index contributed by atoms with van der Waals surface area (Å²) in [6.07, 6.45) is -4.81. The lowest BCUT2D eigenvalue weighted by molar-refractivity contribution is -0.138. The first-order chi connectivity index (χ1) is 17.8. The Labute approximate surface area is 223 Å². The number of hydrogen-bond donors (Lipinski definition) is 2. The van der Waals surface area contributed by atoms with Gasteiger partial charge in [-0.25, -0.2) is 4.79 Å². The van der Waals surface area contributed by atoms with Crippen LogP contribution in [0.5, 0.6) is 0 Å². The predicted molar refractivity (Wildman–Crippen MR) is 136 cm³/mol. The average Bonchev–Trinajstić information content (AvgIpc) is 2.84.